The van der Waals surface area contributed by atoms with Crippen molar-refractivity contribution in [3.8, 4) is 0 Å². The highest BCUT2D eigenvalue weighted by Crippen LogP contribution is 2.23. The third-order valence-corrected chi connectivity index (χ3v) is 7.57. The van der Waals surface area contributed by atoms with E-state index in [1.165, 1.54) is 0 Å². The second-order valence-corrected chi connectivity index (χ2v) is 10.2. The number of carbonyl (C=O) groups is 1. The number of hydrogen-bond donors (Lipinski definition) is 1. The SMILES string of the molecule is CN=C(NCCC(=O)N1CCN(C)CC1)N1CCS(=O)(=O)C(C)(C)C1. The standard InChI is InChI=1S/C16H31N5O3S/c1-16(2)13-21(11-12-25(16,23)24)15(17-3)18-6-5-14(22)20-9-7-19(4)8-10-20/h5-13H2,1-4H3,(H,17,18). The molecular formula is C16H31N5O3S. The van der Waals surface area contributed by atoms with E-state index in [0.717, 1.165) is 26.2 Å². The van der Waals surface area contributed by atoms with Gasteiger partial charge in [-0.15, -0.1) is 0 Å². The van der Waals surface area contributed by atoms with Gasteiger partial charge in [-0.1, -0.05) is 0 Å². The van der Waals surface area contributed by atoms with Crippen molar-refractivity contribution in [1.29, 1.82) is 0 Å². The number of piperazine rings is 1. The molecule has 0 spiro atoms. The van der Waals surface area contributed by atoms with Gasteiger partial charge in [-0.25, -0.2) is 8.42 Å². The predicted octanol–water partition coefficient (Wildman–Crippen LogP) is -0.765. The zero-order chi connectivity index (χ0) is 18.7. The monoisotopic (exact) mass is 373 g/mol. The Balaban J connectivity index is 1.82. The van der Waals surface area contributed by atoms with Gasteiger partial charge in [0.1, 0.15) is 0 Å². The molecule has 8 nitrogen and oxygen atoms in total. The minimum absolute atomic E-state index is 0.126. The number of guanidine groups is 1. The molecule has 0 atom stereocenters. The number of rotatable bonds is 3. The number of amides is 1. The highest BCUT2D eigenvalue weighted by Gasteiger charge is 2.40. The van der Waals surface area contributed by atoms with Crippen LogP contribution in [0.3, 0.4) is 0 Å². The summed E-state index contributed by atoms with van der Waals surface area (Å²) in [5, 5.41) is 3.21. The van der Waals surface area contributed by atoms with Crippen LogP contribution in [0.1, 0.15) is 20.3 Å². The maximum atomic E-state index is 12.3. The van der Waals surface area contributed by atoms with Crippen LogP contribution in [0, 0.1) is 0 Å². The zero-order valence-corrected chi connectivity index (χ0v) is 16.6. The third-order valence-electron chi connectivity index (χ3n) is 5.03. The smallest absolute Gasteiger partial charge is 0.224 e. The average molecular weight is 374 g/mol. The van der Waals surface area contributed by atoms with Crippen LogP contribution in [0.25, 0.3) is 0 Å². The fourth-order valence-corrected chi connectivity index (χ4v) is 4.52. The van der Waals surface area contributed by atoms with Gasteiger partial charge in [0.2, 0.25) is 5.91 Å². The molecule has 144 valence electrons. The molecule has 2 rings (SSSR count). The second-order valence-electron chi connectivity index (χ2n) is 7.41. The molecule has 0 aliphatic carbocycles. The Bertz CT molecular complexity index is 609. The summed E-state index contributed by atoms with van der Waals surface area (Å²) in [6.07, 6.45) is 0.415. The first-order valence-corrected chi connectivity index (χ1v) is 10.5. The molecule has 2 fully saturated rings. The number of carbonyl (C=O) groups excluding carboxylic acids is 1. The normalized spacial score (nSPS) is 24.2. The molecular weight excluding hydrogens is 342 g/mol. The first-order chi connectivity index (χ1) is 11.7. The Morgan fingerprint density at radius 1 is 1.12 bits per heavy atom. The van der Waals surface area contributed by atoms with Crippen molar-refractivity contribution in [3.63, 3.8) is 0 Å². The molecule has 0 unspecified atom stereocenters. The summed E-state index contributed by atoms with van der Waals surface area (Å²) in [7, 11) is 0.667. The van der Waals surface area contributed by atoms with E-state index in [1.807, 2.05) is 9.80 Å². The van der Waals surface area contributed by atoms with E-state index in [-0.39, 0.29) is 11.7 Å². The molecule has 0 radical (unpaired) electrons. The Morgan fingerprint density at radius 2 is 1.76 bits per heavy atom. The van der Waals surface area contributed by atoms with Gasteiger partial charge < -0.3 is 20.0 Å². The lowest BCUT2D eigenvalue weighted by Gasteiger charge is -2.39. The summed E-state index contributed by atoms with van der Waals surface area (Å²) in [6.45, 7) is 8.22. The second kappa shape index (κ2) is 7.90. The molecule has 0 aromatic rings. The van der Waals surface area contributed by atoms with Gasteiger partial charge in [-0.2, -0.15) is 0 Å². The molecule has 0 aromatic carbocycles. The molecule has 0 saturated carbocycles. The van der Waals surface area contributed by atoms with Crippen LogP contribution in [0.2, 0.25) is 0 Å². The number of nitrogens with zero attached hydrogens (tertiary/aromatic N) is 4. The molecule has 25 heavy (non-hydrogen) atoms. The molecule has 0 bridgehead atoms. The largest absolute Gasteiger partial charge is 0.356 e. The van der Waals surface area contributed by atoms with E-state index < -0.39 is 14.6 Å². The highest BCUT2D eigenvalue weighted by molar-refractivity contribution is 7.92. The molecule has 9 heteroatoms. The molecule has 0 aromatic heterocycles. The summed E-state index contributed by atoms with van der Waals surface area (Å²) < 4.78 is 23.4. The van der Waals surface area contributed by atoms with Gasteiger partial charge in [-0.3, -0.25) is 9.79 Å². The van der Waals surface area contributed by atoms with Gasteiger partial charge in [0.25, 0.3) is 0 Å². The van der Waals surface area contributed by atoms with Crippen molar-refractivity contribution in [1.82, 2.24) is 20.0 Å². The van der Waals surface area contributed by atoms with Gasteiger partial charge in [-0.05, 0) is 20.9 Å². The van der Waals surface area contributed by atoms with E-state index in [9.17, 15) is 13.2 Å². The Labute approximate surface area is 151 Å². The number of likely N-dealkylation sites (N-methyl/N-ethyl adjacent to an activating group) is 1. The van der Waals surface area contributed by atoms with Crippen LogP contribution in [0.4, 0.5) is 0 Å². The van der Waals surface area contributed by atoms with Crippen molar-refractivity contribution in [2.45, 2.75) is 25.0 Å². The molecule has 1 amide bonds. The third kappa shape index (κ3) is 4.84. The van der Waals surface area contributed by atoms with Crippen LogP contribution in [0.5, 0.6) is 0 Å². The fourth-order valence-electron chi connectivity index (χ4n) is 3.15. The van der Waals surface area contributed by atoms with E-state index in [4.69, 9.17) is 0 Å². The Kier molecular flexibility index (Phi) is 6.31. The lowest BCUT2D eigenvalue weighted by atomic mass is 10.2. The molecule has 2 aliphatic rings. The molecule has 1 N–H and O–H groups in total. The van der Waals surface area contributed by atoms with Crippen LogP contribution in [0.15, 0.2) is 4.99 Å². The van der Waals surface area contributed by atoms with E-state index in [1.54, 1.807) is 20.9 Å². The maximum Gasteiger partial charge on any atom is 0.224 e. The molecule has 2 aliphatic heterocycles. The first kappa shape index (κ1) is 20.0. The zero-order valence-electron chi connectivity index (χ0n) is 15.8. The average Bonchev–Trinajstić information content (AvgIpc) is 2.55. The summed E-state index contributed by atoms with van der Waals surface area (Å²) >= 11 is 0. The van der Waals surface area contributed by atoms with E-state index >= 15 is 0 Å². The molecule has 2 saturated heterocycles. The van der Waals surface area contributed by atoms with E-state index in [2.05, 4.69) is 22.3 Å². The number of hydrogen-bond acceptors (Lipinski definition) is 5. The lowest BCUT2D eigenvalue weighted by Crippen LogP contribution is -2.57. The number of sulfone groups is 1. The molecule has 2 heterocycles. The maximum absolute atomic E-state index is 12.3. The number of aliphatic imine (C=N–C) groups is 1. The van der Waals surface area contributed by atoms with Crippen molar-refractivity contribution in [2.75, 3.05) is 65.7 Å². The quantitative estimate of drug-likeness (QED) is 0.517. The first-order valence-electron chi connectivity index (χ1n) is 8.80. The number of nitrogens with one attached hydrogen (secondary N) is 1. The van der Waals surface area contributed by atoms with Crippen molar-refractivity contribution >= 4 is 21.7 Å². The lowest BCUT2D eigenvalue weighted by molar-refractivity contribution is -0.132. The van der Waals surface area contributed by atoms with Crippen LogP contribution >= 0.6 is 0 Å². The van der Waals surface area contributed by atoms with Crippen LogP contribution in [-0.2, 0) is 14.6 Å². The minimum atomic E-state index is -3.08. The summed E-state index contributed by atoms with van der Waals surface area (Å²) in [6, 6.07) is 0. The predicted molar refractivity (Wildman–Crippen MR) is 99.5 cm³/mol. The van der Waals surface area contributed by atoms with Gasteiger partial charge in [0, 0.05) is 59.3 Å². The minimum Gasteiger partial charge on any atom is -0.356 e. The van der Waals surface area contributed by atoms with Gasteiger partial charge >= 0.3 is 0 Å². The fraction of sp³-hybridized carbons (Fsp3) is 0.875. The summed E-state index contributed by atoms with van der Waals surface area (Å²) in [4.78, 5) is 22.6. The van der Waals surface area contributed by atoms with Crippen molar-refractivity contribution < 1.29 is 13.2 Å². The van der Waals surface area contributed by atoms with Crippen LogP contribution in [-0.4, -0.2) is 105 Å². The topological polar surface area (TPSA) is 85.3 Å². The summed E-state index contributed by atoms with van der Waals surface area (Å²) in [5.41, 5.74) is 0. The van der Waals surface area contributed by atoms with Crippen molar-refractivity contribution in [3.05, 3.63) is 0 Å². The van der Waals surface area contributed by atoms with Gasteiger partial charge in [0.05, 0.1) is 10.5 Å². The van der Waals surface area contributed by atoms with E-state index in [0.29, 0.717) is 32.0 Å². The Morgan fingerprint density at radius 3 is 2.32 bits per heavy atom. The van der Waals surface area contributed by atoms with Crippen molar-refractivity contribution in [2.24, 2.45) is 4.99 Å². The van der Waals surface area contributed by atoms with Gasteiger partial charge in [0.15, 0.2) is 15.8 Å². The van der Waals surface area contributed by atoms with Crippen LogP contribution < -0.4 is 5.32 Å². The summed E-state index contributed by atoms with van der Waals surface area (Å²) in [5.74, 6) is 0.938. The Hall–Kier alpha value is -1.35. The highest BCUT2D eigenvalue weighted by atomic mass is 32.2.